The number of benzene rings is 1. The van der Waals surface area contributed by atoms with Gasteiger partial charge in [0, 0.05) is 45.2 Å². The van der Waals surface area contributed by atoms with Gasteiger partial charge in [0.15, 0.2) is 0 Å². The molecule has 172 valence electrons. The van der Waals surface area contributed by atoms with Crippen molar-refractivity contribution in [1.82, 2.24) is 19.8 Å². The molecule has 0 unspecified atom stereocenters. The van der Waals surface area contributed by atoms with Gasteiger partial charge in [0.2, 0.25) is 15.9 Å². The molecule has 1 saturated heterocycles. The number of carbonyl (C=O) groups is 2. The first-order chi connectivity index (χ1) is 14.9. The summed E-state index contributed by atoms with van der Waals surface area (Å²) in [6, 6.07) is 6.36. The van der Waals surface area contributed by atoms with Gasteiger partial charge in [0.25, 0.3) is 0 Å². The lowest BCUT2D eigenvalue weighted by molar-refractivity contribution is -0.121. The third-order valence-corrected chi connectivity index (χ3v) is 7.56. The quantitative estimate of drug-likeness (QED) is 0.622. The molecule has 9 nitrogen and oxygen atoms in total. The molecule has 0 atom stereocenters. The second kappa shape index (κ2) is 10.8. The Balaban J connectivity index is 1.41. The first-order valence-electron chi connectivity index (χ1n) is 11.0. The molecule has 2 N–H and O–H groups in total. The van der Waals surface area contributed by atoms with E-state index < -0.39 is 10.0 Å². The van der Waals surface area contributed by atoms with E-state index in [0.29, 0.717) is 25.4 Å². The van der Waals surface area contributed by atoms with Crippen molar-refractivity contribution in [2.75, 3.05) is 39.3 Å². The van der Waals surface area contributed by atoms with Crippen LogP contribution in [-0.2, 0) is 14.8 Å². The van der Waals surface area contributed by atoms with E-state index in [1.54, 1.807) is 17.0 Å². The second-order valence-electron chi connectivity index (χ2n) is 7.83. The van der Waals surface area contributed by atoms with E-state index in [1.165, 1.54) is 16.4 Å². The Labute approximate surface area is 184 Å². The highest BCUT2D eigenvalue weighted by atomic mass is 32.2. The smallest absolute Gasteiger partial charge is 0.317 e. The van der Waals surface area contributed by atoms with Gasteiger partial charge in [-0.25, -0.2) is 13.2 Å². The molecular formula is C21H32N4O5S. The van der Waals surface area contributed by atoms with Gasteiger partial charge in [0.05, 0.1) is 11.5 Å². The zero-order chi connectivity index (χ0) is 22.3. The first-order valence-corrected chi connectivity index (χ1v) is 12.4. The largest absolute Gasteiger partial charge is 0.494 e. The molecule has 31 heavy (non-hydrogen) atoms. The third-order valence-electron chi connectivity index (χ3n) is 5.65. The van der Waals surface area contributed by atoms with Crippen LogP contribution >= 0.6 is 0 Å². The Hall–Kier alpha value is -2.33. The maximum Gasteiger partial charge on any atom is 0.317 e. The van der Waals surface area contributed by atoms with Crippen LogP contribution in [0.3, 0.4) is 0 Å². The second-order valence-corrected chi connectivity index (χ2v) is 9.76. The van der Waals surface area contributed by atoms with E-state index >= 15 is 0 Å². The molecule has 0 aromatic heterocycles. The summed E-state index contributed by atoms with van der Waals surface area (Å²) in [6.07, 6.45) is 4.61. The van der Waals surface area contributed by atoms with E-state index in [-0.39, 0.29) is 48.9 Å². The Kier molecular flexibility index (Phi) is 8.14. The number of hydrogen-bond acceptors (Lipinski definition) is 5. The summed E-state index contributed by atoms with van der Waals surface area (Å²) in [5.74, 6) is 0.582. The summed E-state index contributed by atoms with van der Waals surface area (Å²) in [5.41, 5.74) is 0. The number of sulfonamides is 1. The van der Waals surface area contributed by atoms with Gasteiger partial charge in [-0.05, 0) is 44.0 Å². The summed E-state index contributed by atoms with van der Waals surface area (Å²) in [5, 5.41) is 5.75. The van der Waals surface area contributed by atoms with Gasteiger partial charge in [-0.15, -0.1) is 0 Å². The van der Waals surface area contributed by atoms with Gasteiger partial charge in [-0.3, -0.25) is 4.79 Å². The molecule has 0 radical (unpaired) electrons. The molecule has 3 rings (SSSR count). The van der Waals surface area contributed by atoms with Crippen molar-refractivity contribution in [3.05, 3.63) is 24.3 Å². The van der Waals surface area contributed by atoms with Crippen LogP contribution in [0.5, 0.6) is 5.75 Å². The Morgan fingerprint density at radius 1 is 1.06 bits per heavy atom. The first kappa shape index (κ1) is 23.3. The summed E-state index contributed by atoms with van der Waals surface area (Å²) in [4.78, 5) is 26.1. The molecule has 3 amide bonds. The number of rotatable bonds is 8. The SMILES string of the molecule is CCOc1ccc(S(=O)(=O)N2CCN(C(=O)NCCC(=O)NC3CCCC3)CC2)cc1. The molecule has 1 aromatic rings. The molecule has 1 saturated carbocycles. The van der Waals surface area contributed by atoms with Crippen molar-refractivity contribution in [1.29, 1.82) is 0 Å². The van der Waals surface area contributed by atoms with Crippen LogP contribution in [0.2, 0.25) is 0 Å². The molecule has 2 aliphatic rings. The van der Waals surface area contributed by atoms with Crippen molar-refractivity contribution in [3.63, 3.8) is 0 Å². The van der Waals surface area contributed by atoms with Gasteiger partial charge < -0.3 is 20.3 Å². The number of hydrogen-bond donors (Lipinski definition) is 2. The number of nitrogens with one attached hydrogen (secondary N) is 2. The molecule has 1 aliphatic heterocycles. The van der Waals surface area contributed by atoms with E-state index in [2.05, 4.69) is 10.6 Å². The van der Waals surface area contributed by atoms with E-state index in [0.717, 1.165) is 25.7 Å². The number of amides is 3. The molecule has 0 spiro atoms. The van der Waals surface area contributed by atoms with Crippen LogP contribution in [0.15, 0.2) is 29.2 Å². The van der Waals surface area contributed by atoms with E-state index in [9.17, 15) is 18.0 Å². The van der Waals surface area contributed by atoms with Crippen LogP contribution < -0.4 is 15.4 Å². The fourth-order valence-corrected chi connectivity index (χ4v) is 5.34. The fourth-order valence-electron chi connectivity index (χ4n) is 3.92. The standard InChI is InChI=1S/C21H32N4O5S/c1-2-30-18-7-9-19(10-8-18)31(28,29)25-15-13-24(14-16-25)21(27)22-12-11-20(26)23-17-5-3-4-6-17/h7-10,17H,2-6,11-16H2,1H3,(H,22,27)(H,23,26). The minimum atomic E-state index is -3.62. The topological polar surface area (TPSA) is 108 Å². The maximum atomic E-state index is 12.8. The highest BCUT2D eigenvalue weighted by molar-refractivity contribution is 7.89. The van der Waals surface area contributed by atoms with Gasteiger partial charge in [-0.2, -0.15) is 4.31 Å². The number of carbonyl (C=O) groups excluding carboxylic acids is 2. The van der Waals surface area contributed by atoms with Crippen molar-refractivity contribution in [3.8, 4) is 5.75 Å². The Morgan fingerprint density at radius 2 is 1.71 bits per heavy atom. The predicted octanol–water partition coefficient (Wildman–Crippen LogP) is 1.55. The van der Waals surface area contributed by atoms with Gasteiger partial charge in [-0.1, -0.05) is 12.8 Å². The lowest BCUT2D eigenvalue weighted by atomic mass is 10.2. The average molecular weight is 453 g/mol. The minimum Gasteiger partial charge on any atom is -0.494 e. The highest BCUT2D eigenvalue weighted by Crippen LogP contribution is 2.21. The fraction of sp³-hybridized carbons (Fsp3) is 0.619. The van der Waals surface area contributed by atoms with Crippen molar-refractivity contribution in [2.24, 2.45) is 0 Å². The van der Waals surface area contributed by atoms with Gasteiger partial charge >= 0.3 is 6.03 Å². The van der Waals surface area contributed by atoms with Crippen molar-refractivity contribution in [2.45, 2.75) is 50.0 Å². The van der Waals surface area contributed by atoms with Crippen molar-refractivity contribution >= 4 is 22.0 Å². The summed E-state index contributed by atoms with van der Waals surface area (Å²) >= 11 is 0. The summed E-state index contributed by atoms with van der Waals surface area (Å²) < 4.78 is 32.4. The van der Waals surface area contributed by atoms with Crippen molar-refractivity contribution < 1.29 is 22.7 Å². The summed E-state index contributed by atoms with van der Waals surface area (Å²) in [7, 11) is -3.62. The Bertz CT molecular complexity index is 845. The van der Waals surface area contributed by atoms with Crippen LogP contribution in [0.25, 0.3) is 0 Å². The molecular weight excluding hydrogens is 420 g/mol. The zero-order valence-corrected chi connectivity index (χ0v) is 18.8. The lowest BCUT2D eigenvalue weighted by Crippen LogP contribution is -2.53. The Morgan fingerprint density at radius 3 is 2.32 bits per heavy atom. The molecule has 2 fully saturated rings. The monoisotopic (exact) mass is 452 g/mol. The molecule has 1 aliphatic carbocycles. The molecule has 1 heterocycles. The van der Waals surface area contributed by atoms with E-state index in [4.69, 9.17) is 4.74 Å². The molecule has 0 bridgehead atoms. The number of urea groups is 1. The number of ether oxygens (including phenoxy) is 1. The van der Waals surface area contributed by atoms with E-state index in [1.807, 2.05) is 6.92 Å². The van der Waals surface area contributed by atoms with Crippen LogP contribution in [-0.4, -0.2) is 74.9 Å². The predicted molar refractivity (Wildman–Crippen MR) is 116 cm³/mol. The normalized spacial score (nSPS) is 18.0. The highest BCUT2D eigenvalue weighted by Gasteiger charge is 2.30. The average Bonchev–Trinajstić information content (AvgIpc) is 3.27. The van der Waals surface area contributed by atoms with Crippen LogP contribution in [0, 0.1) is 0 Å². The minimum absolute atomic E-state index is 0.0431. The zero-order valence-electron chi connectivity index (χ0n) is 18.0. The van der Waals surface area contributed by atoms with Gasteiger partial charge in [0.1, 0.15) is 5.75 Å². The van der Waals surface area contributed by atoms with Crippen LogP contribution in [0.4, 0.5) is 4.79 Å². The summed E-state index contributed by atoms with van der Waals surface area (Å²) in [6.45, 7) is 3.71. The maximum absolute atomic E-state index is 12.8. The molecule has 1 aromatic carbocycles. The molecule has 10 heteroatoms. The lowest BCUT2D eigenvalue weighted by Gasteiger charge is -2.34. The number of piperazine rings is 1. The van der Waals surface area contributed by atoms with Crippen LogP contribution in [0.1, 0.15) is 39.0 Å². The number of nitrogens with zero attached hydrogens (tertiary/aromatic N) is 2. The third kappa shape index (κ3) is 6.33.